The second-order valence-electron chi connectivity index (χ2n) is 6.77. The normalized spacial score (nSPS) is 14.0. The van der Waals surface area contributed by atoms with Crippen LogP contribution < -0.4 is 10.6 Å². The molecule has 1 aliphatic heterocycles. The Balaban J connectivity index is 1.65. The Labute approximate surface area is 172 Å². The fourth-order valence-electron chi connectivity index (χ4n) is 3.24. The minimum atomic E-state index is 0.212. The Morgan fingerprint density at radius 2 is 2.07 bits per heavy atom. The van der Waals surface area contributed by atoms with Gasteiger partial charge in [0.25, 0.3) is 0 Å². The quantitative estimate of drug-likeness (QED) is 0.382. The predicted molar refractivity (Wildman–Crippen MR) is 115 cm³/mol. The zero-order valence-corrected chi connectivity index (χ0v) is 16.8. The molecule has 0 atom stereocenters. The van der Waals surface area contributed by atoms with E-state index in [4.69, 9.17) is 15.9 Å². The number of nitrogens with zero attached hydrogens (tertiary/aromatic N) is 3. The Bertz CT molecular complexity index is 1060. The molecule has 7 nitrogen and oxygen atoms in total. The van der Waals surface area contributed by atoms with Gasteiger partial charge in [0.2, 0.25) is 0 Å². The number of carbonyl (C=O) groups is 1. The summed E-state index contributed by atoms with van der Waals surface area (Å²) < 4.78 is 5.38. The van der Waals surface area contributed by atoms with E-state index in [1.807, 2.05) is 31.2 Å². The van der Waals surface area contributed by atoms with Gasteiger partial charge in [0, 0.05) is 36.1 Å². The summed E-state index contributed by atoms with van der Waals surface area (Å²) in [5.41, 5.74) is 9.54. The summed E-state index contributed by atoms with van der Waals surface area (Å²) in [5, 5.41) is 9.00. The van der Waals surface area contributed by atoms with E-state index in [1.54, 1.807) is 12.3 Å². The minimum absolute atomic E-state index is 0.212. The molecule has 0 unspecified atom stereocenters. The lowest BCUT2D eigenvalue weighted by molar-refractivity contribution is 0.112. The highest BCUT2D eigenvalue weighted by molar-refractivity contribution is 7.17. The van der Waals surface area contributed by atoms with Crippen LogP contribution in [0, 0.1) is 12.3 Å². The van der Waals surface area contributed by atoms with Crippen molar-refractivity contribution in [1.29, 1.82) is 5.41 Å². The van der Waals surface area contributed by atoms with E-state index in [2.05, 4.69) is 14.9 Å². The molecular weight excluding hydrogens is 386 g/mol. The number of para-hydroxylation sites is 1. The van der Waals surface area contributed by atoms with Gasteiger partial charge in [0.05, 0.1) is 23.8 Å². The number of rotatable bonds is 5. The number of aldehydes is 1. The van der Waals surface area contributed by atoms with Crippen LogP contribution in [0.1, 0.15) is 26.6 Å². The van der Waals surface area contributed by atoms with Gasteiger partial charge in [-0.2, -0.15) is 0 Å². The van der Waals surface area contributed by atoms with Crippen LogP contribution in [0.5, 0.6) is 0 Å². The Morgan fingerprint density at radius 3 is 2.76 bits per heavy atom. The number of nitrogens with one attached hydrogen (secondary N) is 1. The smallest absolute Gasteiger partial charge is 0.169 e. The van der Waals surface area contributed by atoms with Crippen molar-refractivity contribution in [2.24, 2.45) is 0 Å². The topological polar surface area (TPSA) is 105 Å². The molecule has 0 bridgehead atoms. The third-order valence-corrected chi connectivity index (χ3v) is 6.06. The second-order valence-corrected chi connectivity index (χ2v) is 7.77. The predicted octanol–water partition coefficient (Wildman–Crippen LogP) is 3.16. The third-order valence-electron chi connectivity index (χ3n) is 4.92. The van der Waals surface area contributed by atoms with Crippen molar-refractivity contribution in [2.75, 3.05) is 36.9 Å². The van der Waals surface area contributed by atoms with Crippen LogP contribution in [0.15, 0.2) is 36.5 Å². The van der Waals surface area contributed by atoms with E-state index in [9.17, 15) is 4.79 Å². The van der Waals surface area contributed by atoms with Gasteiger partial charge in [0.15, 0.2) is 6.29 Å². The number of nitrogen functional groups attached to an aromatic ring is 1. The van der Waals surface area contributed by atoms with Gasteiger partial charge in [-0.1, -0.05) is 18.2 Å². The number of hydrogen-bond acceptors (Lipinski definition) is 8. The lowest BCUT2D eigenvalue weighted by atomic mass is 10.0. The van der Waals surface area contributed by atoms with E-state index >= 15 is 0 Å². The number of thiazole rings is 1. The lowest BCUT2D eigenvalue weighted by Crippen LogP contribution is -2.36. The number of anilines is 2. The summed E-state index contributed by atoms with van der Waals surface area (Å²) in [4.78, 5) is 23.4. The van der Waals surface area contributed by atoms with Crippen LogP contribution in [0.2, 0.25) is 0 Å². The molecule has 0 radical (unpaired) electrons. The van der Waals surface area contributed by atoms with E-state index < -0.39 is 0 Å². The summed E-state index contributed by atoms with van der Waals surface area (Å²) in [6, 6.07) is 9.44. The highest BCUT2D eigenvalue weighted by atomic mass is 32.1. The number of ether oxygens (including phenoxy) is 1. The molecule has 0 saturated carbocycles. The number of morpholine rings is 1. The molecule has 29 heavy (non-hydrogen) atoms. The first-order valence-corrected chi connectivity index (χ1v) is 10.1. The SMILES string of the molecule is Cc1cccc(C(=N)c2nc(C=O)c(-c3ccc(N4CCOCC4)nc3)s2)c1N. The largest absolute Gasteiger partial charge is 0.398 e. The first-order valence-electron chi connectivity index (χ1n) is 9.28. The van der Waals surface area contributed by atoms with Crippen molar-refractivity contribution in [3.05, 3.63) is 58.4 Å². The molecule has 3 heterocycles. The third kappa shape index (κ3) is 3.76. The van der Waals surface area contributed by atoms with Crippen molar-refractivity contribution in [2.45, 2.75) is 6.92 Å². The van der Waals surface area contributed by atoms with Crippen molar-refractivity contribution in [3.63, 3.8) is 0 Å². The highest BCUT2D eigenvalue weighted by Gasteiger charge is 2.19. The Hall–Kier alpha value is -3.10. The molecule has 148 valence electrons. The van der Waals surface area contributed by atoms with E-state index in [1.165, 1.54) is 11.3 Å². The summed E-state index contributed by atoms with van der Waals surface area (Å²) in [6.45, 7) is 4.91. The summed E-state index contributed by atoms with van der Waals surface area (Å²) in [5.74, 6) is 0.884. The minimum Gasteiger partial charge on any atom is -0.398 e. The van der Waals surface area contributed by atoms with Crippen molar-refractivity contribution < 1.29 is 9.53 Å². The van der Waals surface area contributed by atoms with Crippen molar-refractivity contribution in [3.8, 4) is 10.4 Å². The van der Waals surface area contributed by atoms with Gasteiger partial charge in [-0.3, -0.25) is 10.2 Å². The fraction of sp³-hybridized carbons (Fsp3) is 0.238. The lowest BCUT2D eigenvalue weighted by Gasteiger charge is -2.27. The van der Waals surface area contributed by atoms with Crippen LogP contribution >= 0.6 is 11.3 Å². The number of pyridine rings is 1. The number of nitrogens with two attached hydrogens (primary N) is 1. The molecule has 0 spiro atoms. The number of carbonyl (C=O) groups excluding carboxylic acids is 1. The molecule has 1 aromatic carbocycles. The maximum absolute atomic E-state index is 11.6. The van der Waals surface area contributed by atoms with Crippen LogP contribution in [0.3, 0.4) is 0 Å². The van der Waals surface area contributed by atoms with Crippen LogP contribution in [-0.2, 0) is 4.74 Å². The van der Waals surface area contributed by atoms with Crippen molar-refractivity contribution in [1.82, 2.24) is 9.97 Å². The molecule has 3 aromatic rings. The van der Waals surface area contributed by atoms with Gasteiger partial charge in [-0.15, -0.1) is 11.3 Å². The average molecular weight is 407 g/mol. The zero-order chi connectivity index (χ0) is 20.4. The van der Waals surface area contributed by atoms with Gasteiger partial charge in [-0.05, 0) is 24.6 Å². The first kappa shape index (κ1) is 19.2. The molecular formula is C21H21N5O2S. The van der Waals surface area contributed by atoms with Gasteiger partial charge in [0.1, 0.15) is 16.5 Å². The molecule has 0 aliphatic carbocycles. The summed E-state index contributed by atoms with van der Waals surface area (Å²) in [7, 11) is 0. The summed E-state index contributed by atoms with van der Waals surface area (Å²) >= 11 is 1.30. The number of benzene rings is 1. The maximum atomic E-state index is 11.6. The standard InChI is InChI=1S/C21H21N5O2S/c1-13-3-2-4-15(18(13)22)19(23)21-25-16(12-27)20(29-21)14-5-6-17(24-11-14)26-7-9-28-10-8-26/h2-6,11-12,23H,7-10,22H2,1H3. The number of aryl methyl sites for hydroxylation is 1. The Kier molecular flexibility index (Phi) is 5.37. The Morgan fingerprint density at radius 1 is 1.28 bits per heavy atom. The van der Waals surface area contributed by atoms with Gasteiger partial charge >= 0.3 is 0 Å². The molecule has 1 saturated heterocycles. The molecule has 8 heteroatoms. The fourth-order valence-corrected chi connectivity index (χ4v) is 4.23. The van der Waals surface area contributed by atoms with Crippen LogP contribution in [0.4, 0.5) is 11.5 Å². The molecule has 1 aliphatic rings. The second kappa shape index (κ2) is 8.10. The van der Waals surface area contributed by atoms with Crippen molar-refractivity contribution >= 4 is 34.8 Å². The zero-order valence-electron chi connectivity index (χ0n) is 16.0. The number of aromatic nitrogens is 2. The molecule has 3 N–H and O–H groups in total. The van der Waals surface area contributed by atoms with Crippen LogP contribution in [-0.4, -0.2) is 48.3 Å². The average Bonchev–Trinajstić information content (AvgIpc) is 3.20. The van der Waals surface area contributed by atoms with E-state index in [0.29, 0.717) is 40.0 Å². The van der Waals surface area contributed by atoms with Crippen LogP contribution in [0.25, 0.3) is 10.4 Å². The number of hydrogen-bond donors (Lipinski definition) is 2. The molecule has 4 rings (SSSR count). The highest BCUT2D eigenvalue weighted by Crippen LogP contribution is 2.32. The monoisotopic (exact) mass is 407 g/mol. The molecule has 0 amide bonds. The molecule has 1 fully saturated rings. The van der Waals surface area contributed by atoms with Gasteiger partial charge < -0.3 is 15.4 Å². The molecule has 2 aromatic heterocycles. The van der Waals surface area contributed by atoms with Gasteiger partial charge in [-0.25, -0.2) is 9.97 Å². The maximum Gasteiger partial charge on any atom is 0.169 e. The summed E-state index contributed by atoms with van der Waals surface area (Å²) in [6.07, 6.45) is 2.47. The first-order chi connectivity index (χ1) is 14.1. The van der Waals surface area contributed by atoms with E-state index in [-0.39, 0.29) is 5.71 Å². The van der Waals surface area contributed by atoms with E-state index in [0.717, 1.165) is 36.3 Å².